The van der Waals surface area contributed by atoms with E-state index >= 15 is 0 Å². The van der Waals surface area contributed by atoms with Gasteiger partial charge >= 0.3 is 0 Å². The van der Waals surface area contributed by atoms with E-state index in [0.29, 0.717) is 0 Å². The Morgan fingerprint density at radius 2 is 1.00 bits per heavy atom. The summed E-state index contributed by atoms with van der Waals surface area (Å²) in [4.78, 5) is 0. The molecule has 0 aliphatic rings. The predicted molar refractivity (Wildman–Crippen MR) is 191 cm³/mol. The molecule has 0 N–H and O–H groups in total. The van der Waals surface area contributed by atoms with Crippen molar-refractivity contribution in [1.82, 2.24) is 4.57 Å². The van der Waals surface area contributed by atoms with E-state index in [1.165, 1.54) is 49.6 Å². The minimum absolute atomic E-state index is 0.0358. The van der Waals surface area contributed by atoms with Crippen molar-refractivity contribution in [2.75, 3.05) is 0 Å². The fourth-order valence-corrected chi connectivity index (χ4v) is 6.19. The lowest BCUT2D eigenvalue weighted by atomic mass is 9.85. The van der Waals surface area contributed by atoms with Crippen molar-refractivity contribution in [2.45, 2.75) is 47.0 Å². The van der Waals surface area contributed by atoms with Crippen LogP contribution >= 0.6 is 0 Å². The Bertz CT molecular complexity index is 2020. The van der Waals surface area contributed by atoms with Crippen molar-refractivity contribution >= 4 is 21.8 Å². The van der Waals surface area contributed by atoms with E-state index < -0.39 is 0 Å². The second kappa shape index (κ2) is 12.2. The molecule has 0 saturated carbocycles. The fourth-order valence-electron chi connectivity index (χ4n) is 6.19. The summed E-state index contributed by atoms with van der Waals surface area (Å²) in [5, 5.41) is 2.48. The molecule has 6 aromatic carbocycles. The number of nitrogens with zero attached hydrogens (tertiary/aromatic N) is 1. The average molecular weight is 590 g/mol. The molecule has 1 aromatic heterocycles. The molecule has 0 saturated heterocycles. The van der Waals surface area contributed by atoms with Crippen LogP contribution in [0.2, 0.25) is 0 Å². The summed E-state index contributed by atoms with van der Waals surface area (Å²) in [6.07, 6.45) is 0. The van der Waals surface area contributed by atoms with E-state index in [2.05, 4.69) is 161 Å². The summed E-state index contributed by atoms with van der Waals surface area (Å²) in [5.74, 6) is -0.199. The molecule has 1 heterocycles. The van der Waals surface area contributed by atoms with E-state index in [0.717, 1.165) is 22.4 Å². The summed E-state index contributed by atoms with van der Waals surface area (Å²) in [7, 11) is 0. The highest BCUT2D eigenvalue weighted by atomic mass is 19.1. The first-order valence-corrected chi connectivity index (χ1v) is 15.6. The van der Waals surface area contributed by atoms with Crippen molar-refractivity contribution in [2.24, 2.45) is 0 Å². The third-order valence-electron chi connectivity index (χ3n) is 8.58. The number of benzene rings is 6. The molecule has 224 valence electrons. The highest BCUT2D eigenvalue weighted by Gasteiger charge is 2.19. The maximum Gasteiger partial charge on any atom is 0.124 e. The van der Waals surface area contributed by atoms with Crippen LogP contribution in [0.15, 0.2) is 133 Å². The van der Waals surface area contributed by atoms with Gasteiger partial charge in [0.25, 0.3) is 0 Å². The van der Waals surface area contributed by atoms with Crippen LogP contribution in [-0.4, -0.2) is 4.57 Å². The summed E-state index contributed by atoms with van der Waals surface area (Å²) in [5.41, 5.74) is 12.9. The maximum atomic E-state index is 14.2. The lowest BCUT2D eigenvalue weighted by molar-refractivity contribution is 0.590. The second-order valence-corrected chi connectivity index (χ2v) is 13.0. The summed E-state index contributed by atoms with van der Waals surface area (Å²) >= 11 is 0. The largest absolute Gasteiger partial charge is 0.309 e. The molecule has 0 atom stereocenters. The highest BCUT2D eigenvalue weighted by Crippen LogP contribution is 2.36. The number of hydrogen-bond acceptors (Lipinski definition) is 0. The van der Waals surface area contributed by atoms with Crippen LogP contribution < -0.4 is 0 Å². The normalized spacial score (nSPS) is 11.4. The van der Waals surface area contributed by atoms with Crippen LogP contribution in [0.25, 0.3) is 49.7 Å². The molecule has 7 aromatic rings. The second-order valence-electron chi connectivity index (χ2n) is 13.0. The Labute approximate surface area is 266 Å². The van der Waals surface area contributed by atoms with Crippen LogP contribution in [0.4, 0.5) is 4.39 Å². The number of halogens is 1. The van der Waals surface area contributed by atoms with Gasteiger partial charge in [-0.2, -0.15) is 0 Å². The molecule has 0 aliphatic heterocycles. The third-order valence-corrected chi connectivity index (χ3v) is 8.58. The molecule has 0 aliphatic carbocycles. The summed E-state index contributed by atoms with van der Waals surface area (Å²) < 4.78 is 16.6. The molecule has 2 heteroatoms. The van der Waals surface area contributed by atoms with E-state index in [1.54, 1.807) is 12.1 Å². The van der Waals surface area contributed by atoms with Gasteiger partial charge in [0, 0.05) is 16.5 Å². The van der Waals surface area contributed by atoms with Crippen LogP contribution in [0.5, 0.6) is 0 Å². The van der Waals surface area contributed by atoms with Crippen molar-refractivity contribution in [1.29, 1.82) is 0 Å². The molecule has 45 heavy (non-hydrogen) atoms. The maximum absolute atomic E-state index is 14.2. The Hall–Kier alpha value is -4.95. The number of aryl methyl sites for hydroxylation is 3. The van der Waals surface area contributed by atoms with Crippen LogP contribution in [0.1, 0.15) is 43.0 Å². The summed E-state index contributed by atoms with van der Waals surface area (Å²) in [6.45, 7) is 12.9. The van der Waals surface area contributed by atoms with Gasteiger partial charge < -0.3 is 4.57 Å². The van der Waals surface area contributed by atoms with Gasteiger partial charge in [-0.25, -0.2) is 4.39 Å². The van der Waals surface area contributed by atoms with Gasteiger partial charge in [0.05, 0.1) is 11.0 Å². The quantitative estimate of drug-likeness (QED) is 0.193. The van der Waals surface area contributed by atoms with Crippen molar-refractivity contribution in [3.05, 3.63) is 162 Å². The average Bonchev–Trinajstić information content (AvgIpc) is 3.35. The molecule has 0 bridgehead atoms. The molecule has 0 spiro atoms. The van der Waals surface area contributed by atoms with Crippen molar-refractivity contribution in [3.63, 3.8) is 0 Å². The lowest BCUT2D eigenvalue weighted by Crippen LogP contribution is -2.12. The highest BCUT2D eigenvalue weighted by molar-refractivity contribution is 6.09. The van der Waals surface area contributed by atoms with Crippen LogP contribution in [0.3, 0.4) is 0 Å². The lowest BCUT2D eigenvalue weighted by Gasteiger charge is -2.22. The molecule has 0 unspecified atom stereocenters. The topological polar surface area (TPSA) is 4.93 Å². The molecule has 0 amide bonds. The zero-order valence-electron chi connectivity index (χ0n) is 27.0. The number of hydrogen-bond donors (Lipinski definition) is 0. The SMILES string of the molecule is Cc1cc(F)cc(-c2cc(-n3c4ccccc4c4ccccc43)cc(C(C)(C)C)c2)c1.Cc1ccccc1-c1ccccc1C. The zero-order chi connectivity index (χ0) is 31.7. The smallest absolute Gasteiger partial charge is 0.124 e. The monoisotopic (exact) mass is 589 g/mol. The standard InChI is InChI=1S/C29H26FN.C14H14/c1-19-13-20(16-23(30)14-19)21-15-22(29(2,3)4)18-24(17-21)31-27-11-7-5-9-25(27)26-10-6-8-12-28(26)31;1-11-7-3-5-9-13(11)14-10-6-4-8-12(14)2/h5-18H,1-4H3;3-10H,1-2H3. The van der Waals surface area contributed by atoms with Gasteiger partial charge in [-0.15, -0.1) is 0 Å². The molecule has 7 rings (SSSR count). The van der Waals surface area contributed by atoms with Gasteiger partial charge in [-0.1, -0.05) is 118 Å². The molecular formula is C43H40FN. The molecular weight excluding hydrogens is 549 g/mol. The first-order chi connectivity index (χ1) is 21.6. The van der Waals surface area contributed by atoms with Gasteiger partial charge in [0.2, 0.25) is 0 Å². The van der Waals surface area contributed by atoms with E-state index in [9.17, 15) is 4.39 Å². The Balaban J connectivity index is 0.000000213. The van der Waals surface area contributed by atoms with Gasteiger partial charge in [0.15, 0.2) is 0 Å². The first-order valence-electron chi connectivity index (χ1n) is 15.6. The Morgan fingerprint density at radius 1 is 0.511 bits per heavy atom. The minimum Gasteiger partial charge on any atom is -0.309 e. The number of aromatic nitrogens is 1. The zero-order valence-corrected chi connectivity index (χ0v) is 27.0. The van der Waals surface area contributed by atoms with Crippen LogP contribution in [0, 0.1) is 26.6 Å². The first kappa shape index (κ1) is 30.1. The van der Waals surface area contributed by atoms with Crippen molar-refractivity contribution in [3.8, 4) is 27.9 Å². The molecule has 0 fully saturated rings. The summed E-state index contributed by atoms with van der Waals surface area (Å²) in [6, 6.07) is 46.0. The molecule has 0 radical (unpaired) electrons. The van der Waals surface area contributed by atoms with Crippen LogP contribution in [-0.2, 0) is 5.41 Å². The van der Waals surface area contributed by atoms with Gasteiger partial charge in [-0.05, 0) is 107 Å². The van der Waals surface area contributed by atoms with Crippen molar-refractivity contribution < 1.29 is 4.39 Å². The number of rotatable bonds is 3. The van der Waals surface area contributed by atoms with Gasteiger partial charge in [0.1, 0.15) is 5.82 Å². The third kappa shape index (κ3) is 6.19. The Morgan fingerprint density at radius 3 is 1.51 bits per heavy atom. The van der Waals surface area contributed by atoms with E-state index in [1.807, 2.05) is 6.92 Å². The van der Waals surface area contributed by atoms with Gasteiger partial charge in [-0.3, -0.25) is 0 Å². The van der Waals surface area contributed by atoms with E-state index in [4.69, 9.17) is 0 Å². The number of fused-ring (bicyclic) bond motifs is 3. The Kier molecular flexibility index (Phi) is 8.16. The molecule has 1 nitrogen and oxygen atoms in total. The fraction of sp³-hybridized carbons (Fsp3) is 0.163. The number of para-hydroxylation sites is 2. The van der Waals surface area contributed by atoms with E-state index in [-0.39, 0.29) is 11.2 Å². The predicted octanol–water partition coefficient (Wildman–Crippen LogP) is 12.2. The minimum atomic E-state index is -0.199.